The summed E-state index contributed by atoms with van der Waals surface area (Å²) in [5.41, 5.74) is 1.65. The average Bonchev–Trinajstić information content (AvgIpc) is 2.34. The van der Waals surface area contributed by atoms with E-state index in [-0.39, 0.29) is 12.5 Å². The lowest BCUT2D eigenvalue weighted by atomic mass is 10.2. The molecule has 0 atom stereocenters. The molecule has 1 heterocycles. The summed E-state index contributed by atoms with van der Waals surface area (Å²) in [5.74, 6) is -0.185. The van der Waals surface area contributed by atoms with Crippen LogP contribution < -0.4 is 4.90 Å². The van der Waals surface area contributed by atoms with E-state index >= 15 is 0 Å². The molecule has 6 heteroatoms. The molecule has 2 rings (SSSR count). The molecule has 1 aromatic carbocycles. The number of hydroxylamine groups is 2. The van der Waals surface area contributed by atoms with Gasteiger partial charge in [0.1, 0.15) is 0 Å². The van der Waals surface area contributed by atoms with Crippen LogP contribution in [-0.4, -0.2) is 29.2 Å². The smallest absolute Gasteiger partial charge is 0.262 e. The van der Waals surface area contributed by atoms with Gasteiger partial charge in [-0.05, 0) is 43.8 Å². The highest BCUT2D eigenvalue weighted by molar-refractivity contribution is 7.80. The molecule has 1 amide bonds. The van der Waals surface area contributed by atoms with E-state index in [0.717, 1.165) is 5.56 Å². The molecule has 96 valence electrons. The van der Waals surface area contributed by atoms with Gasteiger partial charge in [-0.15, -0.1) is 0 Å². The van der Waals surface area contributed by atoms with Gasteiger partial charge in [-0.3, -0.25) is 14.5 Å². The van der Waals surface area contributed by atoms with Gasteiger partial charge in [0.25, 0.3) is 5.91 Å². The summed E-state index contributed by atoms with van der Waals surface area (Å²) in [6.45, 7) is 4.39. The summed E-state index contributed by atoms with van der Waals surface area (Å²) in [4.78, 5) is 18.7. The van der Waals surface area contributed by atoms with E-state index in [1.54, 1.807) is 12.1 Å². The molecule has 1 aliphatic rings. The standard InChI is InChI=1S/C12H13ClN2O2S/c1-3-14-12(18)15(11(16)7-17-14)10-6-9(13)5-4-8(10)2/h4-6H,3,7H2,1-2H3. The molecule has 0 bridgehead atoms. The van der Waals surface area contributed by atoms with Crippen LogP contribution in [0.4, 0.5) is 5.69 Å². The van der Waals surface area contributed by atoms with Crippen LogP contribution in [0.3, 0.4) is 0 Å². The highest BCUT2D eigenvalue weighted by Crippen LogP contribution is 2.27. The zero-order chi connectivity index (χ0) is 13.3. The molecule has 18 heavy (non-hydrogen) atoms. The molecule has 1 aromatic rings. The molecule has 4 nitrogen and oxygen atoms in total. The molecule has 0 aliphatic carbocycles. The maximum atomic E-state index is 12.0. The number of carbonyl (C=O) groups excluding carboxylic acids is 1. The third-order valence-electron chi connectivity index (χ3n) is 2.70. The lowest BCUT2D eigenvalue weighted by molar-refractivity contribution is -0.147. The van der Waals surface area contributed by atoms with Crippen LogP contribution in [0.1, 0.15) is 12.5 Å². The van der Waals surface area contributed by atoms with Crippen LogP contribution in [0.5, 0.6) is 0 Å². The molecular weight excluding hydrogens is 272 g/mol. The number of aryl methyl sites for hydroxylation is 1. The monoisotopic (exact) mass is 284 g/mol. The third-order valence-corrected chi connectivity index (χ3v) is 3.32. The fourth-order valence-corrected chi connectivity index (χ4v) is 2.31. The Hall–Kier alpha value is -1.17. The maximum absolute atomic E-state index is 12.0. The molecule has 0 aromatic heterocycles. The van der Waals surface area contributed by atoms with Gasteiger partial charge in [0.05, 0.1) is 5.69 Å². The summed E-state index contributed by atoms with van der Waals surface area (Å²) >= 11 is 11.2. The number of benzene rings is 1. The summed E-state index contributed by atoms with van der Waals surface area (Å²) in [7, 11) is 0. The Morgan fingerprint density at radius 3 is 2.89 bits per heavy atom. The van der Waals surface area contributed by atoms with Crippen molar-refractivity contribution in [2.24, 2.45) is 0 Å². The summed E-state index contributed by atoms with van der Waals surface area (Å²) < 4.78 is 0. The van der Waals surface area contributed by atoms with Crippen molar-refractivity contribution in [2.75, 3.05) is 18.1 Å². The predicted octanol–water partition coefficient (Wildman–Crippen LogP) is 2.53. The van der Waals surface area contributed by atoms with E-state index in [1.165, 1.54) is 9.96 Å². The predicted molar refractivity (Wildman–Crippen MR) is 74.6 cm³/mol. The Balaban J connectivity index is 2.43. The Labute approximate surface area is 116 Å². The second kappa shape index (κ2) is 5.22. The summed E-state index contributed by atoms with van der Waals surface area (Å²) in [6.07, 6.45) is 0. The number of hydrogen-bond donors (Lipinski definition) is 0. The van der Waals surface area contributed by atoms with Crippen molar-refractivity contribution in [3.05, 3.63) is 28.8 Å². The number of anilines is 1. The zero-order valence-corrected chi connectivity index (χ0v) is 11.7. The Morgan fingerprint density at radius 1 is 1.50 bits per heavy atom. The first-order valence-corrected chi connectivity index (χ1v) is 6.36. The summed E-state index contributed by atoms with van der Waals surface area (Å²) in [5, 5.41) is 2.44. The Morgan fingerprint density at radius 2 is 2.22 bits per heavy atom. The minimum Gasteiger partial charge on any atom is -0.271 e. The molecule has 1 fully saturated rings. The molecule has 0 saturated carbocycles. The average molecular weight is 285 g/mol. The minimum absolute atomic E-state index is 0.0140. The van der Waals surface area contributed by atoms with Crippen molar-refractivity contribution >= 4 is 40.5 Å². The quantitative estimate of drug-likeness (QED) is 0.782. The highest BCUT2D eigenvalue weighted by atomic mass is 35.5. The van der Waals surface area contributed by atoms with E-state index in [9.17, 15) is 4.79 Å². The van der Waals surface area contributed by atoms with Crippen LogP contribution in [-0.2, 0) is 9.63 Å². The second-order valence-electron chi connectivity index (χ2n) is 3.91. The fraction of sp³-hybridized carbons (Fsp3) is 0.333. The number of halogens is 1. The lowest BCUT2D eigenvalue weighted by Crippen LogP contribution is -2.53. The topological polar surface area (TPSA) is 32.8 Å². The fourth-order valence-electron chi connectivity index (χ4n) is 1.76. The Bertz CT molecular complexity index is 507. The number of nitrogens with zero attached hydrogens (tertiary/aromatic N) is 2. The number of amides is 1. The molecule has 0 radical (unpaired) electrons. The van der Waals surface area contributed by atoms with Gasteiger partial charge in [-0.25, -0.2) is 5.06 Å². The summed E-state index contributed by atoms with van der Waals surface area (Å²) in [6, 6.07) is 5.38. The highest BCUT2D eigenvalue weighted by Gasteiger charge is 2.31. The van der Waals surface area contributed by atoms with E-state index in [2.05, 4.69) is 0 Å². The van der Waals surface area contributed by atoms with Crippen molar-refractivity contribution in [1.82, 2.24) is 5.06 Å². The van der Waals surface area contributed by atoms with E-state index in [1.807, 2.05) is 19.9 Å². The van der Waals surface area contributed by atoms with Crippen molar-refractivity contribution in [3.8, 4) is 0 Å². The van der Waals surface area contributed by atoms with Crippen molar-refractivity contribution in [1.29, 1.82) is 0 Å². The number of hydrogen-bond acceptors (Lipinski definition) is 3. The first-order chi connectivity index (χ1) is 8.54. The van der Waals surface area contributed by atoms with Crippen molar-refractivity contribution in [2.45, 2.75) is 13.8 Å². The van der Waals surface area contributed by atoms with Gasteiger partial charge in [-0.2, -0.15) is 0 Å². The SMILES string of the molecule is CCN1OCC(=O)N(c2cc(Cl)ccc2C)C1=S. The van der Waals surface area contributed by atoms with Gasteiger partial charge in [0.2, 0.25) is 5.11 Å². The maximum Gasteiger partial charge on any atom is 0.262 e. The van der Waals surface area contributed by atoms with Crippen molar-refractivity contribution < 1.29 is 9.63 Å². The van der Waals surface area contributed by atoms with Gasteiger partial charge in [0, 0.05) is 11.6 Å². The van der Waals surface area contributed by atoms with Crippen LogP contribution in [0, 0.1) is 6.92 Å². The minimum atomic E-state index is -0.185. The number of thiocarbonyl (C=S) groups is 1. The van der Waals surface area contributed by atoms with Gasteiger partial charge >= 0.3 is 0 Å². The molecule has 0 spiro atoms. The third kappa shape index (κ3) is 2.34. The van der Waals surface area contributed by atoms with E-state index < -0.39 is 0 Å². The van der Waals surface area contributed by atoms with Crippen LogP contribution in [0.15, 0.2) is 18.2 Å². The molecule has 0 unspecified atom stereocenters. The Kier molecular flexibility index (Phi) is 3.85. The van der Waals surface area contributed by atoms with Gasteiger partial charge in [-0.1, -0.05) is 17.7 Å². The van der Waals surface area contributed by atoms with Crippen LogP contribution in [0.2, 0.25) is 5.02 Å². The normalized spacial score (nSPS) is 16.4. The second-order valence-corrected chi connectivity index (χ2v) is 4.71. The molecule has 0 N–H and O–H groups in total. The molecular formula is C12H13ClN2O2S. The van der Waals surface area contributed by atoms with Crippen molar-refractivity contribution in [3.63, 3.8) is 0 Å². The first-order valence-electron chi connectivity index (χ1n) is 5.58. The molecule has 1 aliphatic heterocycles. The number of carbonyl (C=O) groups is 1. The first kappa shape index (κ1) is 13.3. The zero-order valence-electron chi connectivity index (χ0n) is 10.1. The lowest BCUT2D eigenvalue weighted by Gasteiger charge is -2.35. The van der Waals surface area contributed by atoms with E-state index in [0.29, 0.717) is 22.4 Å². The van der Waals surface area contributed by atoms with Gasteiger partial charge in [0.15, 0.2) is 6.61 Å². The largest absolute Gasteiger partial charge is 0.271 e. The van der Waals surface area contributed by atoms with Crippen LogP contribution in [0.25, 0.3) is 0 Å². The van der Waals surface area contributed by atoms with Crippen LogP contribution >= 0.6 is 23.8 Å². The number of rotatable bonds is 2. The van der Waals surface area contributed by atoms with E-state index in [4.69, 9.17) is 28.7 Å². The molecule has 1 saturated heterocycles. The van der Waals surface area contributed by atoms with Gasteiger partial charge < -0.3 is 0 Å².